The predicted octanol–water partition coefficient (Wildman–Crippen LogP) is 0.881. The summed E-state index contributed by atoms with van der Waals surface area (Å²) in [5, 5.41) is -0.116. The number of nitrogens with one attached hydrogen (secondary N) is 1. The molecule has 1 heterocycles. The number of carbonyl (C=O) groups is 2. The van der Waals surface area contributed by atoms with Crippen molar-refractivity contribution in [2.24, 2.45) is 17.7 Å². The van der Waals surface area contributed by atoms with E-state index in [9.17, 15) is 9.59 Å². The van der Waals surface area contributed by atoms with Crippen LogP contribution in [0.4, 0.5) is 0 Å². The summed E-state index contributed by atoms with van der Waals surface area (Å²) in [6.07, 6.45) is 2.77. The molecule has 0 aromatic heterocycles. The number of hydrogen-bond donors (Lipinski definition) is 2. The van der Waals surface area contributed by atoms with Crippen molar-refractivity contribution in [3.8, 4) is 0 Å². The zero-order valence-corrected chi connectivity index (χ0v) is 13.0. The van der Waals surface area contributed by atoms with Crippen molar-refractivity contribution in [1.82, 2.24) is 10.3 Å². The standard InChI is InChI=1S/C13H21Cl2N3O2/c1-18-6-7(4-11(18)13(20)17-16)12(19)9-3-2-8(14)5-10(9)15/h7-11H,2-6,16H2,1H3,(H,17,20). The van der Waals surface area contributed by atoms with Gasteiger partial charge in [0.2, 0.25) is 0 Å². The van der Waals surface area contributed by atoms with Gasteiger partial charge in [0.15, 0.2) is 0 Å². The molecule has 0 bridgehead atoms. The number of likely N-dealkylation sites (N-methyl/N-ethyl adjacent to an activating group) is 1. The van der Waals surface area contributed by atoms with Gasteiger partial charge in [0, 0.05) is 29.1 Å². The number of rotatable bonds is 3. The molecule has 5 nitrogen and oxygen atoms in total. The average Bonchev–Trinajstić information content (AvgIpc) is 2.79. The van der Waals surface area contributed by atoms with E-state index < -0.39 is 0 Å². The van der Waals surface area contributed by atoms with Gasteiger partial charge in [-0.15, -0.1) is 23.2 Å². The summed E-state index contributed by atoms with van der Waals surface area (Å²) < 4.78 is 0. The van der Waals surface area contributed by atoms with Gasteiger partial charge < -0.3 is 0 Å². The smallest absolute Gasteiger partial charge is 0.251 e. The quantitative estimate of drug-likeness (QED) is 0.350. The molecule has 1 saturated carbocycles. The summed E-state index contributed by atoms with van der Waals surface area (Å²) in [6, 6.07) is -0.327. The van der Waals surface area contributed by atoms with E-state index in [1.807, 2.05) is 11.9 Å². The molecule has 1 aliphatic heterocycles. The molecular weight excluding hydrogens is 301 g/mol. The van der Waals surface area contributed by atoms with Crippen LogP contribution in [0.3, 0.4) is 0 Å². The first-order chi connectivity index (χ1) is 9.43. The number of Topliss-reactive ketones (excluding diaryl/α,β-unsaturated/α-hetero) is 1. The Hall–Kier alpha value is -0.360. The largest absolute Gasteiger partial charge is 0.299 e. The molecule has 2 aliphatic rings. The highest BCUT2D eigenvalue weighted by atomic mass is 35.5. The molecule has 5 unspecified atom stereocenters. The lowest BCUT2D eigenvalue weighted by atomic mass is 9.80. The molecule has 1 amide bonds. The monoisotopic (exact) mass is 321 g/mol. The Morgan fingerprint density at radius 3 is 2.55 bits per heavy atom. The minimum absolute atomic E-state index is 0.0727. The van der Waals surface area contributed by atoms with Crippen LogP contribution in [0.2, 0.25) is 0 Å². The molecule has 1 aliphatic carbocycles. The molecule has 5 atom stereocenters. The van der Waals surface area contributed by atoms with Gasteiger partial charge in [0.05, 0.1) is 6.04 Å². The second-order valence-corrected chi connectivity index (χ2v) is 7.01. The van der Waals surface area contributed by atoms with E-state index in [4.69, 9.17) is 29.0 Å². The van der Waals surface area contributed by atoms with Gasteiger partial charge in [0.1, 0.15) is 5.78 Å². The van der Waals surface area contributed by atoms with Crippen molar-refractivity contribution < 1.29 is 9.59 Å². The van der Waals surface area contributed by atoms with Crippen LogP contribution in [0.1, 0.15) is 25.7 Å². The topological polar surface area (TPSA) is 75.4 Å². The first-order valence-electron chi connectivity index (χ1n) is 6.96. The molecule has 2 rings (SSSR count). The summed E-state index contributed by atoms with van der Waals surface area (Å²) in [4.78, 5) is 26.1. The number of alkyl halides is 2. The first kappa shape index (κ1) is 16.0. The molecule has 0 spiro atoms. The van der Waals surface area contributed by atoms with Crippen LogP contribution in [-0.2, 0) is 9.59 Å². The number of carbonyl (C=O) groups excluding carboxylic acids is 2. The van der Waals surface area contributed by atoms with Crippen molar-refractivity contribution >= 4 is 34.9 Å². The van der Waals surface area contributed by atoms with Crippen LogP contribution in [0.15, 0.2) is 0 Å². The molecular formula is C13H21Cl2N3O2. The molecule has 0 aromatic carbocycles. The van der Waals surface area contributed by atoms with E-state index in [0.29, 0.717) is 19.4 Å². The van der Waals surface area contributed by atoms with Gasteiger partial charge >= 0.3 is 0 Å². The van der Waals surface area contributed by atoms with Gasteiger partial charge in [-0.3, -0.25) is 19.9 Å². The van der Waals surface area contributed by atoms with Gasteiger partial charge in [0.25, 0.3) is 5.91 Å². The van der Waals surface area contributed by atoms with Crippen molar-refractivity contribution in [1.29, 1.82) is 0 Å². The van der Waals surface area contributed by atoms with Crippen LogP contribution in [0.25, 0.3) is 0 Å². The zero-order valence-electron chi connectivity index (χ0n) is 11.5. The Morgan fingerprint density at radius 1 is 1.25 bits per heavy atom. The molecule has 2 fully saturated rings. The molecule has 114 valence electrons. The Balaban J connectivity index is 1.98. The number of hydrogen-bond acceptors (Lipinski definition) is 4. The van der Waals surface area contributed by atoms with Crippen molar-refractivity contribution in [3.63, 3.8) is 0 Å². The van der Waals surface area contributed by atoms with Gasteiger partial charge in [-0.25, -0.2) is 5.84 Å². The van der Waals surface area contributed by atoms with Crippen molar-refractivity contribution in [2.75, 3.05) is 13.6 Å². The lowest BCUT2D eigenvalue weighted by molar-refractivity contribution is -0.127. The minimum Gasteiger partial charge on any atom is -0.299 e. The second-order valence-electron chi connectivity index (χ2n) is 5.83. The normalized spacial score (nSPS) is 38.7. The summed E-state index contributed by atoms with van der Waals surface area (Å²) in [6.45, 7) is 0.585. The van der Waals surface area contributed by atoms with Gasteiger partial charge in [-0.2, -0.15) is 0 Å². The molecule has 0 radical (unpaired) electrons. The van der Waals surface area contributed by atoms with Crippen LogP contribution >= 0.6 is 23.2 Å². The third-order valence-corrected chi connectivity index (χ3v) is 5.35. The second kappa shape index (κ2) is 6.60. The minimum atomic E-state index is -0.327. The summed E-state index contributed by atoms with van der Waals surface area (Å²) in [7, 11) is 1.83. The third kappa shape index (κ3) is 3.27. The van der Waals surface area contributed by atoms with E-state index >= 15 is 0 Å². The van der Waals surface area contributed by atoms with E-state index in [2.05, 4.69) is 5.43 Å². The molecule has 20 heavy (non-hydrogen) atoms. The average molecular weight is 322 g/mol. The maximum atomic E-state index is 12.6. The Morgan fingerprint density at radius 2 is 1.95 bits per heavy atom. The fourth-order valence-electron chi connectivity index (χ4n) is 3.30. The Kier molecular flexibility index (Phi) is 5.29. The van der Waals surface area contributed by atoms with E-state index in [1.54, 1.807) is 0 Å². The zero-order chi connectivity index (χ0) is 14.9. The highest BCUT2D eigenvalue weighted by Gasteiger charge is 2.42. The maximum absolute atomic E-state index is 12.6. The van der Waals surface area contributed by atoms with Crippen molar-refractivity contribution in [3.05, 3.63) is 0 Å². The lowest BCUT2D eigenvalue weighted by Crippen LogP contribution is -2.44. The number of hydrazine groups is 1. The number of likely N-dealkylation sites (tertiary alicyclic amines) is 1. The predicted molar refractivity (Wildman–Crippen MR) is 78.5 cm³/mol. The molecule has 3 N–H and O–H groups in total. The van der Waals surface area contributed by atoms with E-state index in [0.717, 1.165) is 12.8 Å². The molecule has 7 heteroatoms. The summed E-state index contributed by atoms with van der Waals surface area (Å²) in [5.41, 5.74) is 2.16. The Labute approximate surface area is 129 Å². The van der Waals surface area contributed by atoms with Crippen LogP contribution in [-0.4, -0.2) is 47.0 Å². The fourth-order valence-corrected chi connectivity index (χ4v) is 4.17. The van der Waals surface area contributed by atoms with Gasteiger partial charge in [-0.1, -0.05) is 0 Å². The molecule has 0 aromatic rings. The maximum Gasteiger partial charge on any atom is 0.251 e. The Bertz CT molecular complexity index is 394. The number of halogens is 2. The van der Waals surface area contributed by atoms with Crippen LogP contribution < -0.4 is 11.3 Å². The van der Waals surface area contributed by atoms with E-state index in [1.165, 1.54) is 0 Å². The SMILES string of the molecule is CN1CC(C(=O)C2CCC(Cl)CC2Cl)CC1C(=O)NN. The fraction of sp³-hybridized carbons (Fsp3) is 0.846. The van der Waals surface area contributed by atoms with Crippen LogP contribution in [0, 0.1) is 11.8 Å². The number of ketones is 1. The first-order valence-corrected chi connectivity index (χ1v) is 7.83. The highest BCUT2D eigenvalue weighted by Crippen LogP contribution is 2.36. The third-order valence-electron chi connectivity index (χ3n) is 4.47. The molecule has 1 saturated heterocycles. The number of nitrogens with zero attached hydrogens (tertiary/aromatic N) is 1. The lowest BCUT2D eigenvalue weighted by Gasteiger charge is -2.30. The number of amides is 1. The summed E-state index contributed by atoms with van der Waals surface area (Å²) >= 11 is 12.4. The number of nitrogens with two attached hydrogens (primary N) is 1. The van der Waals surface area contributed by atoms with Crippen molar-refractivity contribution in [2.45, 2.75) is 42.5 Å². The van der Waals surface area contributed by atoms with E-state index in [-0.39, 0.29) is 40.3 Å². The van der Waals surface area contributed by atoms with Gasteiger partial charge in [-0.05, 0) is 32.7 Å². The highest BCUT2D eigenvalue weighted by molar-refractivity contribution is 6.25. The summed E-state index contributed by atoms with van der Waals surface area (Å²) in [5.74, 6) is 4.83. The van der Waals surface area contributed by atoms with Crippen LogP contribution in [0.5, 0.6) is 0 Å².